The normalized spacial score (nSPS) is 10.7. The van der Waals surface area contributed by atoms with Crippen molar-refractivity contribution in [3.8, 4) is 11.5 Å². The minimum absolute atomic E-state index is 0.806. The van der Waals surface area contributed by atoms with E-state index in [9.17, 15) is 0 Å². The van der Waals surface area contributed by atoms with Crippen molar-refractivity contribution in [1.29, 1.82) is 0 Å². The number of rotatable bonds is 14. The number of hydrogen-bond donors (Lipinski definition) is 0. The quantitative estimate of drug-likeness (QED) is 0.233. The lowest BCUT2D eigenvalue weighted by Crippen LogP contribution is -2.00. The van der Waals surface area contributed by atoms with Crippen LogP contribution in [0.5, 0.6) is 11.5 Å². The molecular formula is C20H33IO2. The molecule has 2 nitrogen and oxygen atoms in total. The van der Waals surface area contributed by atoms with Gasteiger partial charge in [0.2, 0.25) is 0 Å². The summed E-state index contributed by atoms with van der Waals surface area (Å²) in [5.74, 6) is 1.88. The molecule has 1 rings (SSSR count). The summed E-state index contributed by atoms with van der Waals surface area (Å²) in [5, 5.41) is 0. The van der Waals surface area contributed by atoms with E-state index < -0.39 is 0 Å². The number of ether oxygens (including phenoxy) is 2. The molecule has 0 aliphatic rings. The predicted molar refractivity (Wildman–Crippen MR) is 108 cm³/mol. The molecule has 0 aliphatic carbocycles. The Bertz CT molecular complexity index is 372. The van der Waals surface area contributed by atoms with Gasteiger partial charge in [0, 0.05) is 9.64 Å². The fraction of sp³-hybridized carbons (Fsp3) is 0.700. The average Bonchev–Trinajstić information content (AvgIpc) is 2.53. The Morgan fingerprint density at radius 2 is 1.09 bits per heavy atom. The Kier molecular flexibility index (Phi) is 12.5. The average molecular weight is 432 g/mol. The van der Waals surface area contributed by atoms with Gasteiger partial charge < -0.3 is 9.47 Å². The molecular weight excluding hydrogens is 399 g/mol. The van der Waals surface area contributed by atoms with Crippen LogP contribution in [0.25, 0.3) is 0 Å². The van der Waals surface area contributed by atoms with Crippen LogP contribution >= 0.6 is 22.6 Å². The third-order valence-electron chi connectivity index (χ3n) is 3.88. The van der Waals surface area contributed by atoms with Crippen molar-refractivity contribution < 1.29 is 9.47 Å². The summed E-state index contributed by atoms with van der Waals surface area (Å²) in [4.78, 5) is 0. The Labute approximate surface area is 156 Å². The van der Waals surface area contributed by atoms with Crippen molar-refractivity contribution >= 4 is 22.6 Å². The standard InChI is InChI=1S/C20H33IO2/c1-3-5-7-9-11-13-22-19-15-18(21)16-20(17-19)23-14-12-10-8-6-4-2/h15-17H,3-14H2,1-2H3. The van der Waals surface area contributed by atoms with Gasteiger partial charge in [0.25, 0.3) is 0 Å². The molecule has 0 fully saturated rings. The zero-order valence-electron chi connectivity index (χ0n) is 14.9. The summed E-state index contributed by atoms with van der Waals surface area (Å²) in [5.41, 5.74) is 0. The van der Waals surface area contributed by atoms with Gasteiger partial charge in [0.1, 0.15) is 11.5 Å². The molecule has 0 aromatic heterocycles. The van der Waals surface area contributed by atoms with Crippen LogP contribution in [-0.2, 0) is 0 Å². The lowest BCUT2D eigenvalue weighted by atomic mass is 10.2. The maximum absolute atomic E-state index is 5.88. The second-order valence-electron chi connectivity index (χ2n) is 6.15. The minimum atomic E-state index is 0.806. The molecule has 0 N–H and O–H groups in total. The van der Waals surface area contributed by atoms with Crippen LogP contribution < -0.4 is 9.47 Å². The van der Waals surface area contributed by atoms with E-state index in [0.29, 0.717) is 0 Å². The molecule has 0 spiro atoms. The molecule has 1 aromatic carbocycles. The van der Waals surface area contributed by atoms with Crippen LogP contribution in [0.2, 0.25) is 0 Å². The second kappa shape index (κ2) is 13.9. The Balaban J connectivity index is 2.25. The van der Waals surface area contributed by atoms with Crippen molar-refractivity contribution in [3.63, 3.8) is 0 Å². The third-order valence-corrected chi connectivity index (χ3v) is 4.50. The van der Waals surface area contributed by atoms with Crippen LogP contribution in [0.3, 0.4) is 0 Å². The highest BCUT2D eigenvalue weighted by Crippen LogP contribution is 2.24. The zero-order chi connectivity index (χ0) is 16.8. The number of unbranched alkanes of at least 4 members (excludes halogenated alkanes) is 8. The van der Waals surface area contributed by atoms with E-state index in [0.717, 1.165) is 37.6 Å². The maximum Gasteiger partial charge on any atom is 0.124 e. The monoisotopic (exact) mass is 432 g/mol. The van der Waals surface area contributed by atoms with Gasteiger partial charge in [-0.15, -0.1) is 0 Å². The number of halogens is 1. The fourth-order valence-electron chi connectivity index (χ4n) is 2.49. The van der Waals surface area contributed by atoms with Crippen molar-refractivity contribution in [1.82, 2.24) is 0 Å². The van der Waals surface area contributed by atoms with Gasteiger partial charge in [0.15, 0.2) is 0 Å². The van der Waals surface area contributed by atoms with Gasteiger partial charge in [-0.1, -0.05) is 65.2 Å². The Morgan fingerprint density at radius 1 is 0.652 bits per heavy atom. The highest BCUT2D eigenvalue weighted by molar-refractivity contribution is 14.1. The van der Waals surface area contributed by atoms with Gasteiger partial charge in [-0.05, 0) is 47.6 Å². The van der Waals surface area contributed by atoms with E-state index in [-0.39, 0.29) is 0 Å². The minimum Gasteiger partial charge on any atom is -0.493 e. The molecule has 0 radical (unpaired) electrons. The molecule has 1 aromatic rings. The molecule has 0 aliphatic heterocycles. The molecule has 0 heterocycles. The smallest absolute Gasteiger partial charge is 0.124 e. The van der Waals surface area contributed by atoms with Gasteiger partial charge in [-0.25, -0.2) is 0 Å². The second-order valence-corrected chi connectivity index (χ2v) is 7.39. The summed E-state index contributed by atoms with van der Waals surface area (Å²) in [7, 11) is 0. The third kappa shape index (κ3) is 10.9. The summed E-state index contributed by atoms with van der Waals surface area (Å²) in [6.07, 6.45) is 12.7. The molecule has 0 amide bonds. The van der Waals surface area contributed by atoms with Gasteiger partial charge >= 0.3 is 0 Å². The van der Waals surface area contributed by atoms with Crippen LogP contribution in [-0.4, -0.2) is 13.2 Å². The SMILES string of the molecule is CCCCCCCOc1cc(I)cc(OCCCCCCC)c1. The first kappa shape index (κ1) is 20.6. The van der Waals surface area contributed by atoms with E-state index in [4.69, 9.17) is 9.47 Å². The summed E-state index contributed by atoms with van der Waals surface area (Å²) in [6.45, 7) is 6.10. The molecule has 3 heteroatoms. The van der Waals surface area contributed by atoms with Crippen molar-refractivity contribution in [3.05, 3.63) is 21.8 Å². The van der Waals surface area contributed by atoms with Crippen LogP contribution in [0, 0.1) is 3.57 Å². The zero-order valence-corrected chi connectivity index (χ0v) is 17.1. The van der Waals surface area contributed by atoms with Gasteiger partial charge in [0.05, 0.1) is 13.2 Å². The molecule has 0 atom stereocenters. The van der Waals surface area contributed by atoms with Crippen LogP contribution in [0.15, 0.2) is 18.2 Å². The fourth-order valence-corrected chi connectivity index (χ4v) is 3.11. The molecule has 0 saturated carbocycles. The maximum atomic E-state index is 5.88. The van der Waals surface area contributed by atoms with E-state index >= 15 is 0 Å². The highest BCUT2D eigenvalue weighted by atomic mass is 127. The first-order chi connectivity index (χ1) is 11.3. The van der Waals surface area contributed by atoms with E-state index in [1.165, 1.54) is 54.9 Å². The lowest BCUT2D eigenvalue weighted by molar-refractivity contribution is 0.289. The molecule has 0 saturated heterocycles. The predicted octanol–water partition coefficient (Wildman–Crippen LogP) is 6.99. The molecule has 0 bridgehead atoms. The lowest BCUT2D eigenvalue weighted by Gasteiger charge is -2.11. The van der Waals surface area contributed by atoms with Crippen molar-refractivity contribution in [2.24, 2.45) is 0 Å². The van der Waals surface area contributed by atoms with E-state index in [2.05, 4.69) is 48.6 Å². The Morgan fingerprint density at radius 3 is 1.52 bits per heavy atom. The molecule has 132 valence electrons. The van der Waals surface area contributed by atoms with Crippen LogP contribution in [0.4, 0.5) is 0 Å². The number of hydrogen-bond acceptors (Lipinski definition) is 2. The topological polar surface area (TPSA) is 18.5 Å². The van der Waals surface area contributed by atoms with Gasteiger partial charge in [-0.2, -0.15) is 0 Å². The summed E-state index contributed by atoms with van der Waals surface area (Å²) >= 11 is 2.33. The Hall–Kier alpha value is -0.450. The van der Waals surface area contributed by atoms with E-state index in [1.807, 2.05) is 6.07 Å². The largest absolute Gasteiger partial charge is 0.493 e. The van der Waals surface area contributed by atoms with Crippen LogP contribution in [0.1, 0.15) is 78.1 Å². The molecule has 0 unspecified atom stereocenters. The van der Waals surface area contributed by atoms with Crippen molar-refractivity contribution in [2.75, 3.05) is 13.2 Å². The van der Waals surface area contributed by atoms with Crippen molar-refractivity contribution in [2.45, 2.75) is 78.1 Å². The first-order valence-electron chi connectivity index (χ1n) is 9.32. The summed E-state index contributed by atoms with van der Waals surface area (Å²) < 4.78 is 12.9. The summed E-state index contributed by atoms with van der Waals surface area (Å²) in [6, 6.07) is 6.20. The van der Waals surface area contributed by atoms with Gasteiger partial charge in [-0.3, -0.25) is 0 Å². The number of benzene rings is 1. The van der Waals surface area contributed by atoms with E-state index in [1.54, 1.807) is 0 Å². The highest BCUT2D eigenvalue weighted by Gasteiger charge is 2.02. The first-order valence-corrected chi connectivity index (χ1v) is 10.4. The molecule has 23 heavy (non-hydrogen) atoms.